The van der Waals surface area contributed by atoms with Crippen LogP contribution in [0.15, 0.2) is 22.7 Å². The van der Waals surface area contributed by atoms with E-state index < -0.39 is 6.10 Å². The Kier molecular flexibility index (Phi) is 3.95. The van der Waals surface area contributed by atoms with E-state index in [-0.39, 0.29) is 11.7 Å². The van der Waals surface area contributed by atoms with Gasteiger partial charge in [-0.05, 0) is 46.5 Å². The number of aliphatic hydroxyl groups is 1. The third-order valence-corrected chi connectivity index (χ3v) is 3.57. The third-order valence-electron chi connectivity index (χ3n) is 2.93. The van der Waals surface area contributed by atoms with Crippen LogP contribution in [-0.2, 0) is 4.74 Å². The van der Waals surface area contributed by atoms with Crippen LogP contribution in [-0.4, -0.2) is 18.3 Å². The van der Waals surface area contributed by atoms with Gasteiger partial charge in [0, 0.05) is 12.5 Å². The van der Waals surface area contributed by atoms with Crippen molar-refractivity contribution >= 4 is 15.9 Å². The number of halogens is 2. The summed E-state index contributed by atoms with van der Waals surface area (Å²) in [5, 5.41) is 10.1. The van der Waals surface area contributed by atoms with E-state index in [1.54, 1.807) is 12.1 Å². The molecule has 2 atom stereocenters. The van der Waals surface area contributed by atoms with Crippen LogP contribution < -0.4 is 0 Å². The Balaban J connectivity index is 2.12. The van der Waals surface area contributed by atoms with E-state index in [1.165, 1.54) is 6.07 Å². The summed E-state index contributed by atoms with van der Waals surface area (Å²) < 4.78 is 19.1. The van der Waals surface area contributed by atoms with Crippen molar-refractivity contribution in [3.05, 3.63) is 34.1 Å². The number of hydrogen-bond acceptors (Lipinski definition) is 2. The lowest BCUT2D eigenvalue weighted by Crippen LogP contribution is -2.23. The molecular formula is C12H14BrFO2. The van der Waals surface area contributed by atoms with Crippen LogP contribution >= 0.6 is 15.9 Å². The molecule has 0 aliphatic carbocycles. The number of aliphatic hydroxyl groups excluding tert-OH is 1. The van der Waals surface area contributed by atoms with E-state index in [9.17, 15) is 9.50 Å². The van der Waals surface area contributed by atoms with Gasteiger partial charge >= 0.3 is 0 Å². The molecule has 0 spiro atoms. The van der Waals surface area contributed by atoms with Crippen molar-refractivity contribution in [3.63, 3.8) is 0 Å². The smallest absolute Gasteiger partial charge is 0.137 e. The number of hydrogen-bond donors (Lipinski definition) is 1. The molecule has 88 valence electrons. The zero-order valence-electron chi connectivity index (χ0n) is 8.83. The van der Waals surface area contributed by atoms with Gasteiger partial charge in [-0.25, -0.2) is 4.39 Å². The molecule has 0 amide bonds. The highest BCUT2D eigenvalue weighted by atomic mass is 79.9. The van der Waals surface area contributed by atoms with Crippen LogP contribution in [0.4, 0.5) is 4.39 Å². The topological polar surface area (TPSA) is 29.5 Å². The van der Waals surface area contributed by atoms with Gasteiger partial charge < -0.3 is 9.84 Å². The Morgan fingerprint density at radius 2 is 2.31 bits per heavy atom. The summed E-state index contributed by atoms with van der Waals surface area (Å²) >= 11 is 3.09. The van der Waals surface area contributed by atoms with Crippen LogP contribution in [0.2, 0.25) is 0 Å². The Hall–Kier alpha value is -0.450. The molecule has 2 nitrogen and oxygen atoms in total. The van der Waals surface area contributed by atoms with Crippen molar-refractivity contribution in [2.75, 3.05) is 13.2 Å². The zero-order chi connectivity index (χ0) is 11.5. The van der Waals surface area contributed by atoms with Crippen molar-refractivity contribution in [2.24, 2.45) is 5.92 Å². The molecule has 0 bridgehead atoms. The summed E-state index contributed by atoms with van der Waals surface area (Å²) in [7, 11) is 0. The molecule has 1 aliphatic heterocycles. The van der Waals surface area contributed by atoms with Gasteiger partial charge in [0.2, 0.25) is 0 Å². The van der Waals surface area contributed by atoms with Crippen molar-refractivity contribution < 1.29 is 14.2 Å². The van der Waals surface area contributed by atoms with Gasteiger partial charge in [0.1, 0.15) is 5.82 Å². The summed E-state index contributed by atoms with van der Waals surface area (Å²) in [6.07, 6.45) is 1.25. The summed E-state index contributed by atoms with van der Waals surface area (Å²) in [6, 6.07) is 4.74. The van der Waals surface area contributed by atoms with Crippen LogP contribution in [0.3, 0.4) is 0 Å². The fourth-order valence-corrected chi connectivity index (χ4v) is 2.23. The summed E-state index contributed by atoms with van der Waals surface area (Å²) in [5.74, 6) is -0.261. The first kappa shape index (κ1) is 12.0. The minimum absolute atomic E-state index is 0.0781. The van der Waals surface area contributed by atoms with Gasteiger partial charge in [0.05, 0.1) is 17.2 Å². The quantitative estimate of drug-likeness (QED) is 0.906. The molecule has 0 aromatic heterocycles. The van der Waals surface area contributed by atoms with Gasteiger partial charge in [0.25, 0.3) is 0 Å². The second-order valence-corrected chi connectivity index (χ2v) is 4.95. The first-order valence-electron chi connectivity index (χ1n) is 5.39. The number of ether oxygens (including phenoxy) is 1. The Labute approximate surface area is 103 Å². The summed E-state index contributed by atoms with van der Waals surface area (Å²) in [6.45, 7) is 1.32. The molecule has 1 heterocycles. The second-order valence-electron chi connectivity index (χ2n) is 4.10. The fourth-order valence-electron chi connectivity index (χ4n) is 1.98. The number of benzene rings is 1. The van der Waals surface area contributed by atoms with Crippen LogP contribution in [0.1, 0.15) is 24.5 Å². The van der Waals surface area contributed by atoms with Gasteiger partial charge in [-0.3, -0.25) is 0 Å². The standard InChI is InChI=1S/C12H14BrFO2/c13-10-4-3-8(6-11(10)14)12(15)9-2-1-5-16-7-9/h3-4,6,9,12,15H,1-2,5,7H2. The maximum Gasteiger partial charge on any atom is 0.137 e. The van der Waals surface area contributed by atoms with Gasteiger partial charge in [-0.15, -0.1) is 0 Å². The van der Waals surface area contributed by atoms with Crippen LogP contribution in [0.25, 0.3) is 0 Å². The molecule has 2 unspecified atom stereocenters. The molecule has 1 aromatic carbocycles. The number of rotatable bonds is 2. The minimum Gasteiger partial charge on any atom is -0.388 e. The molecule has 1 N–H and O–H groups in total. The Bertz CT molecular complexity index is 364. The lowest BCUT2D eigenvalue weighted by molar-refractivity contribution is -0.0101. The first-order valence-corrected chi connectivity index (χ1v) is 6.18. The maximum absolute atomic E-state index is 13.3. The molecule has 1 aliphatic rings. The SMILES string of the molecule is OC(c1ccc(Br)c(F)c1)C1CCCOC1. The average molecular weight is 289 g/mol. The Morgan fingerprint density at radius 1 is 1.50 bits per heavy atom. The monoisotopic (exact) mass is 288 g/mol. The van der Waals surface area contributed by atoms with E-state index in [4.69, 9.17) is 4.74 Å². The molecule has 4 heteroatoms. The predicted octanol–water partition coefficient (Wildman–Crippen LogP) is 3.05. The molecule has 1 aromatic rings. The van der Waals surface area contributed by atoms with Crippen molar-refractivity contribution in [2.45, 2.75) is 18.9 Å². The van der Waals surface area contributed by atoms with Gasteiger partial charge in [0.15, 0.2) is 0 Å². The molecule has 1 fully saturated rings. The lowest BCUT2D eigenvalue weighted by Gasteiger charge is -2.27. The molecule has 2 rings (SSSR count). The van der Waals surface area contributed by atoms with Gasteiger partial charge in [-0.2, -0.15) is 0 Å². The second kappa shape index (κ2) is 5.25. The molecule has 1 saturated heterocycles. The van der Waals surface area contributed by atoms with Crippen molar-refractivity contribution in [3.8, 4) is 0 Å². The molecule has 0 saturated carbocycles. The molecular weight excluding hydrogens is 275 g/mol. The van der Waals surface area contributed by atoms with Gasteiger partial charge in [-0.1, -0.05) is 6.07 Å². The van der Waals surface area contributed by atoms with E-state index in [0.29, 0.717) is 16.6 Å². The largest absolute Gasteiger partial charge is 0.388 e. The minimum atomic E-state index is -0.636. The van der Waals surface area contributed by atoms with E-state index in [1.807, 2.05) is 0 Å². The van der Waals surface area contributed by atoms with E-state index >= 15 is 0 Å². The molecule has 0 radical (unpaired) electrons. The highest BCUT2D eigenvalue weighted by molar-refractivity contribution is 9.10. The highest BCUT2D eigenvalue weighted by Crippen LogP contribution is 2.30. The molecule has 16 heavy (non-hydrogen) atoms. The summed E-state index contributed by atoms with van der Waals surface area (Å²) in [4.78, 5) is 0. The third kappa shape index (κ3) is 2.62. The lowest BCUT2D eigenvalue weighted by atomic mass is 9.91. The van der Waals surface area contributed by atoms with Crippen LogP contribution in [0.5, 0.6) is 0 Å². The van der Waals surface area contributed by atoms with E-state index in [2.05, 4.69) is 15.9 Å². The average Bonchev–Trinajstić information content (AvgIpc) is 2.33. The zero-order valence-corrected chi connectivity index (χ0v) is 10.4. The fraction of sp³-hybridized carbons (Fsp3) is 0.500. The maximum atomic E-state index is 13.3. The summed E-state index contributed by atoms with van der Waals surface area (Å²) in [5.41, 5.74) is 0.621. The normalized spacial score (nSPS) is 23.1. The Morgan fingerprint density at radius 3 is 2.94 bits per heavy atom. The van der Waals surface area contributed by atoms with Crippen molar-refractivity contribution in [1.29, 1.82) is 0 Å². The van der Waals surface area contributed by atoms with E-state index in [0.717, 1.165) is 19.4 Å². The van der Waals surface area contributed by atoms with Crippen molar-refractivity contribution in [1.82, 2.24) is 0 Å². The van der Waals surface area contributed by atoms with Crippen LogP contribution in [0, 0.1) is 11.7 Å². The predicted molar refractivity (Wildman–Crippen MR) is 62.6 cm³/mol. The first-order chi connectivity index (χ1) is 7.68. The highest BCUT2D eigenvalue weighted by Gasteiger charge is 2.24.